The van der Waals surface area contributed by atoms with E-state index in [0.29, 0.717) is 5.16 Å². The first kappa shape index (κ1) is 18.7. The number of carboxylic acid groups (broad SMARTS) is 1. The van der Waals surface area contributed by atoms with Crippen molar-refractivity contribution in [1.82, 2.24) is 19.7 Å². The molecule has 1 aliphatic rings. The minimum atomic E-state index is -0.875. The Morgan fingerprint density at radius 2 is 2.23 bits per heavy atom. The molecule has 0 aliphatic carbocycles. The first-order valence-corrected chi connectivity index (χ1v) is 9.61. The van der Waals surface area contributed by atoms with Gasteiger partial charge in [0.15, 0.2) is 5.16 Å². The Labute approximate surface area is 157 Å². The van der Waals surface area contributed by atoms with Gasteiger partial charge in [0.25, 0.3) is 0 Å². The number of hydrogen-bond donors (Lipinski definition) is 1. The molecule has 1 aliphatic heterocycles. The van der Waals surface area contributed by atoms with Crippen molar-refractivity contribution in [3.63, 3.8) is 0 Å². The maximum absolute atomic E-state index is 11.0. The molecule has 1 unspecified atom stereocenters. The van der Waals surface area contributed by atoms with Gasteiger partial charge in [0.2, 0.25) is 0 Å². The topological polar surface area (TPSA) is 80.5 Å². The van der Waals surface area contributed by atoms with Crippen LogP contribution in [0, 0.1) is 6.92 Å². The summed E-state index contributed by atoms with van der Waals surface area (Å²) in [7, 11) is 3.75. The molecule has 140 valence electrons. The van der Waals surface area contributed by atoms with Crippen molar-refractivity contribution in [3.05, 3.63) is 29.6 Å². The highest BCUT2D eigenvalue weighted by Gasteiger charge is 2.27. The molecule has 1 atom stereocenters. The number of piperidine rings is 1. The Kier molecular flexibility index (Phi) is 5.83. The standard InChI is InChI=1S/C18H24N4O3S/c1-12-6-7-15(25-3)14(9-12)22-17(13-5-4-8-21(2)10-13)19-20-18(22)26-11-16(23)24/h6-7,9,13H,4-5,8,10-11H2,1-3H3,(H,23,24). The lowest BCUT2D eigenvalue weighted by Crippen LogP contribution is -2.32. The van der Waals surface area contributed by atoms with Crippen LogP contribution in [-0.4, -0.2) is 63.7 Å². The summed E-state index contributed by atoms with van der Waals surface area (Å²) in [5.41, 5.74) is 1.95. The molecule has 26 heavy (non-hydrogen) atoms. The van der Waals surface area contributed by atoms with Gasteiger partial charge in [-0.15, -0.1) is 10.2 Å². The summed E-state index contributed by atoms with van der Waals surface area (Å²) in [6.07, 6.45) is 2.15. The second-order valence-corrected chi connectivity index (χ2v) is 7.58. The number of nitrogens with zero attached hydrogens (tertiary/aromatic N) is 4. The van der Waals surface area contributed by atoms with Crippen molar-refractivity contribution in [3.8, 4) is 11.4 Å². The third-order valence-electron chi connectivity index (χ3n) is 4.55. The van der Waals surface area contributed by atoms with Crippen LogP contribution in [0.4, 0.5) is 0 Å². The number of aryl methyl sites for hydroxylation is 1. The zero-order chi connectivity index (χ0) is 18.7. The average molecular weight is 376 g/mol. The van der Waals surface area contributed by atoms with Crippen molar-refractivity contribution in [2.24, 2.45) is 0 Å². The number of likely N-dealkylation sites (tertiary alicyclic amines) is 1. The van der Waals surface area contributed by atoms with Crippen LogP contribution >= 0.6 is 11.8 Å². The fraction of sp³-hybridized carbons (Fsp3) is 0.500. The van der Waals surface area contributed by atoms with Gasteiger partial charge in [0.1, 0.15) is 11.6 Å². The first-order valence-electron chi connectivity index (χ1n) is 8.63. The first-order chi connectivity index (χ1) is 12.5. The second-order valence-electron chi connectivity index (χ2n) is 6.64. The molecule has 0 amide bonds. The molecule has 2 aromatic rings. The Bertz CT molecular complexity index is 793. The van der Waals surface area contributed by atoms with Crippen molar-refractivity contribution in [2.75, 3.05) is 33.0 Å². The van der Waals surface area contributed by atoms with Crippen LogP contribution in [0.3, 0.4) is 0 Å². The van der Waals surface area contributed by atoms with E-state index in [1.54, 1.807) is 7.11 Å². The number of carboxylic acids is 1. The van der Waals surface area contributed by atoms with E-state index >= 15 is 0 Å². The molecule has 0 spiro atoms. The van der Waals surface area contributed by atoms with Crippen LogP contribution in [0.2, 0.25) is 0 Å². The van der Waals surface area contributed by atoms with Crippen molar-refractivity contribution in [2.45, 2.75) is 30.8 Å². The number of hydrogen-bond acceptors (Lipinski definition) is 6. The summed E-state index contributed by atoms with van der Waals surface area (Å²) < 4.78 is 7.53. The molecule has 2 heterocycles. The smallest absolute Gasteiger partial charge is 0.313 e. The number of benzene rings is 1. The second kappa shape index (κ2) is 8.09. The normalized spacial score (nSPS) is 18.0. The zero-order valence-corrected chi connectivity index (χ0v) is 16.1. The lowest BCUT2D eigenvalue weighted by molar-refractivity contribution is -0.133. The van der Waals surface area contributed by atoms with Crippen LogP contribution in [-0.2, 0) is 4.79 Å². The number of methoxy groups -OCH3 is 1. The molecular weight excluding hydrogens is 352 g/mol. The SMILES string of the molecule is COc1ccc(C)cc1-n1c(SCC(=O)O)nnc1C1CCCN(C)C1. The highest BCUT2D eigenvalue weighted by molar-refractivity contribution is 7.99. The van der Waals surface area contributed by atoms with Gasteiger partial charge in [-0.05, 0) is 51.1 Å². The highest BCUT2D eigenvalue weighted by atomic mass is 32.2. The van der Waals surface area contributed by atoms with E-state index in [0.717, 1.165) is 48.8 Å². The van der Waals surface area contributed by atoms with E-state index in [4.69, 9.17) is 9.84 Å². The summed E-state index contributed by atoms with van der Waals surface area (Å²) >= 11 is 1.18. The van der Waals surface area contributed by atoms with Gasteiger partial charge in [-0.3, -0.25) is 9.36 Å². The predicted molar refractivity (Wildman–Crippen MR) is 100 cm³/mol. The number of ether oxygens (including phenoxy) is 1. The average Bonchev–Trinajstić information content (AvgIpc) is 3.03. The molecule has 3 rings (SSSR count). The molecule has 0 bridgehead atoms. The molecular formula is C18H24N4O3S. The van der Waals surface area contributed by atoms with E-state index in [1.165, 1.54) is 11.8 Å². The van der Waals surface area contributed by atoms with Crippen molar-refractivity contribution >= 4 is 17.7 Å². The number of likely N-dealkylation sites (N-methyl/N-ethyl adjacent to an activating group) is 1. The number of thioether (sulfide) groups is 1. The summed E-state index contributed by atoms with van der Waals surface area (Å²) in [5.74, 6) is 0.910. The minimum Gasteiger partial charge on any atom is -0.495 e. The number of carbonyl (C=O) groups is 1. The van der Waals surface area contributed by atoms with Gasteiger partial charge in [0, 0.05) is 12.5 Å². The van der Waals surface area contributed by atoms with Gasteiger partial charge in [-0.25, -0.2) is 0 Å². The summed E-state index contributed by atoms with van der Waals surface area (Å²) in [6, 6.07) is 5.95. The Morgan fingerprint density at radius 1 is 1.42 bits per heavy atom. The Morgan fingerprint density at radius 3 is 2.92 bits per heavy atom. The van der Waals surface area contributed by atoms with Gasteiger partial charge < -0.3 is 14.7 Å². The molecule has 7 nitrogen and oxygen atoms in total. The van der Waals surface area contributed by atoms with Crippen LogP contribution in [0.25, 0.3) is 5.69 Å². The van der Waals surface area contributed by atoms with E-state index in [-0.39, 0.29) is 11.7 Å². The van der Waals surface area contributed by atoms with Crippen LogP contribution in [0.15, 0.2) is 23.4 Å². The highest BCUT2D eigenvalue weighted by Crippen LogP contribution is 2.34. The van der Waals surface area contributed by atoms with E-state index in [2.05, 4.69) is 22.1 Å². The summed E-state index contributed by atoms with van der Waals surface area (Å²) in [5, 5.41) is 18.4. The van der Waals surface area contributed by atoms with Crippen LogP contribution < -0.4 is 4.74 Å². The number of aromatic nitrogens is 3. The zero-order valence-electron chi connectivity index (χ0n) is 15.3. The fourth-order valence-electron chi connectivity index (χ4n) is 3.34. The molecule has 1 fully saturated rings. The lowest BCUT2D eigenvalue weighted by atomic mass is 9.97. The van der Waals surface area contributed by atoms with Crippen LogP contribution in [0.5, 0.6) is 5.75 Å². The van der Waals surface area contributed by atoms with E-state index < -0.39 is 5.97 Å². The minimum absolute atomic E-state index is 0.0587. The van der Waals surface area contributed by atoms with E-state index in [9.17, 15) is 4.79 Å². The third-order valence-corrected chi connectivity index (χ3v) is 5.46. The van der Waals surface area contributed by atoms with Crippen molar-refractivity contribution < 1.29 is 14.6 Å². The molecule has 1 N–H and O–H groups in total. The molecule has 1 aromatic carbocycles. The van der Waals surface area contributed by atoms with Gasteiger partial charge >= 0.3 is 5.97 Å². The van der Waals surface area contributed by atoms with Gasteiger partial charge in [-0.2, -0.15) is 0 Å². The van der Waals surface area contributed by atoms with Crippen molar-refractivity contribution in [1.29, 1.82) is 0 Å². The van der Waals surface area contributed by atoms with E-state index in [1.807, 2.05) is 29.7 Å². The maximum Gasteiger partial charge on any atom is 0.313 e. The summed E-state index contributed by atoms with van der Waals surface area (Å²) in [6.45, 7) is 4.01. The number of rotatable bonds is 6. The quantitative estimate of drug-likeness (QED) is 0.776. The monoisotopic (exact) mass is 376 g/mol. The number of aliphatic carboxylic acids is 1. The maximum atomic E-state index is 11.0. The third kappa shape index (κ3) is 4.02. The van der Waals surface area contributed by atoms with Gasteiger partial charge in [-0.1, -0.05) is 17.8 Å². The molecule has 0 saturated carbocycles. The molecule has 8 heteroatoms. The van der Waals surface area contributed by atoms with Gasteiger partial charge in [0.05, 0.1) is 18.6 Å². The fourth-order valence-corrected chi connectivity index (χ4v) is 4.02. The largest absolute Gasteiger partial charge is 0.495 e. The molecule has 1 saturated heterocycles. The molecule has 1 aromatic heterocycles. The van der Waals surface area contributed by atoms with Crippen LogP contribution in [0.1, 0.15) is 30.1 Å². The Hall–Kier alpha value is -2.06. The predicted octanol–water partition coefficient (Wildman–Crippen LogP) is 2.57. The lowest BCUT2D eigenvalue weighted by Gasteiger charge is -2.29. The summed E-state index contributed by atoms with van der Waals surface area (Å²) in [4.78, 5) is 13.3. The Balaban J connectivity index is 2.08. The molecule has 0 radical (unpaired) electrons.